The highest BCUT2D eigenvalue weighted by Gasteiger charge is 2.19. The molecule has 1 heterocycles. The molecule has 1 fully saturated rings. The summed E-state index contributed by atoms with van der Waals surface area (Å²) in [4.78, 5) is 13.0. The van der Waals surface area contributed by atoms with Crippen molar-refractivity contribution in [3.8, 4) is 5.75 Å². The highest BCUT2D eigenvalue weighted by atomic mass is 19.2. The molecule has 5 heteroatoms. The number of halogens is 2. The van der Waals surface area contributed by atoms with E-state index < -0.39 is 11.6 Å². The van der Waals surface area contributed by atoms with Gasteiger partial charge in [0.25, 0.3) is 0 Å². The monoisotopic (exact) mass is 241 g/mol. The van der Waals surface area contributed by atoms with Crippen LogP contribution in [-0.4, -0.2) is 26.0 Å². The number of carbonyl (C=O) groups excluding carboxylic acids is 1. The zero-order valence-corrected chi connectivity index (χ0v) is 9.50. The molecule has 0 atom stereocenters. The normalized spacial score (nSPS) is 16.2. The minimum Gasteiger partial charge on any atom is -0.493 e. The predicted molar refractivity (Wildman–Crippen MR) is 59.4 cm³/mol. The van der Waals surface area contributed by atoms with Crippen molar-refractivity contribution in [1.29, 1.82) is 0 Å². The first-order valence-corrected chi connectivity index (χ1v) is 5.41. The number of piperidine rings is 1. The standard InChI is InChI=1S/C12H13F2NO2/c1-17-11-7-8(6-10(13)12(11)14)15-4-2-9(16)3-5-15/h6-7H,2-5H2,1H3. The Labute approximate surface area is 98.0 Å². The van der Waals surface area contributed by atoms with Crippen LogP contribution in [0.2, 0.25) is 0 Å². The third kappa shape index (κ3) is 2.38. The first kappa shape index (κ1) is 11.8. The van der Waals surface area contributed by atoms with E-state index in [4.69, 9.17) is 4.74 Å². The average molecular weight is 241 g/mol. The summed E-state index contributed by atoms with van der Waals surface area (Å²) in [5.41, 5.74) is 0.549. The molecule has 1 aromatic carbocycles. The number of methoxy groups -OCH3 is 1. The third-order valence-corrected chi connectivity index (χ3v) is 2.89. The number of nitrogens with zero attached hydrogens (tertiary/aromatic N) is 1. The van der Waals surface area contributed by atoms with Gasteiger partial charge in [-0.05, 0) is 0 Å². The maximum Gasteiger partial charge on any atom is 0.200 e. The Morgan fingerprint density at radius 3 is 2.47 bits per heavy atom. The fourth-order valence-electron chi connectivity index (χ4n) is 1.90. The van der Waals surface area contributed by atoms with Crippen LogP contribution in [0.1, 0.15) is 12.8 Å². The summed E-state index contributed by atoms with van der Waals surface area (Å²) in [5.74, 6) is -1.83. The van der Waals surface area contributed by atoms with E-state index in [-0.39, 0.29) is 11.5 Å². The molecule has 0 aromatic heterocycles. The molecule has 92 valence electrons. The van der Waals surface area contributed by atoms with Crippen molar-refractivity contribution in [2.24, 2.45) is 0 Å². The number of carbonyl (C=O) groups is 1. The molecule has 0 unspecified atom stereocenters. The molecule has 0 aliphatic carbocycles. The van der Waals surface area contributed by atoms with Gasteiger partial charge in [0.15, 0.2) is 11.6 Å². The summed E-state index contributed by atoms with van der Waals surface area (Å²) in [6.07, 6.45) is 0.891. The lowest BCUT2D eigenvalue weighted by Crippen LogP contribution is -2.33. The molecule has 1 saturated heterocycles. The van der Waals surface area contributed by atoms with Crippen molar-refractivity contribution in [3.05, 3.63) is 23.8 Å². The van der Waals surface area contributed by atoms with Crippen LogP contribution >= 0.6 is 0 Å². The third-order valence-electron chi connectivity index (χ3n) is 2.89. The summed E-state index contributed by atoms with van der Waals surface area (Å²) in [6, 6.07) is 2.59. The van der Waals surface area contributed by atoms with Crippen molar-refractivity contribution < 1.29 is 18.3 Å². The lowest BCUT2D eigenvalue weighted by atomic mass is 10.1. The Morgan fingerprint density at radius 1 is 1.24 bits per heavy atom. The summed E-state index contributed by atoms with van der Waals surface area (Å²) in [7, 11) is 1.29. The van der Waals surface area contributed by atoms with Crippen molar-refractivity contribution >= 4 is 11.5 Å². The zero-order chi connectivity index (χ0) is 12.4. The SMILES string of the molecule is COc1cc(N2CCC(=O)CC2)cc(F)c1F. The van der Waals surface area contributed by atoms with Crippen LogP contribution in [0.4, 0.5) is 14.5 Å². The molecule has 3 nitrogen and oxygen atoms in total. The van der Waals surface area contributed by atoms with Gasteiger partial charge in [0.2, 0.25) is 5.82 Å². The highest BCUT2D eigenvalue weighted by molar-refractivity contribution is 5.81. The molecular weight excluding hydrogens is 228 g/mol. The summed E-state index contributed by atoms with van der Waals surface area (Å²) >= 11 is 0. The van der Waals surface area contributed by atoms with Gasteiger partial charge >= 0.3 is 0 Å². The Hall–Kier alpha value is -1.65. The van der Waals surface area contributed by atoms with Crippen LogP contribution in [0.15, 0.2) is 12.1 Å². The Morgan fingerprint density at radius 2 is 1.88 bits per heavy atom. The minimum absolute atomic E-state index is 0.114. The van der Waals surface area contributed by atoms with Crippen LogP contribution in [0.3, 0.4) is 0 Å². The second-order valence-corrected chi connectivity index (χ2v) is 3.97. The second-order valence-electron chi connectivity index (χ2n) is 3.97. The van der Waals surface area contributed by atoms with Crippen LogP contribution < -0.4 is 9.64 Å². The number of ether oxygens (including phenoxy) is 1. The van der Waals surface area contributed by atoms with Gasteiger partial charge in [0, 0.05) is 43.8 Å². The van der Waals surface area contributed by atoms with E-state index in [1.54, 1.807) is 0 Å². The molecule has 0 N–H and O–H groups in total. The van der Waals surface area contributed by atoms with Gasteiger partial charge in [0.1, 0.15) is 5.78 Å². The number of benzene rings is 1. The van der Waals surface area contributed by atoms with Crippen molar-refractivity contribution in [3.63, 3.8) is 0 Å². The predicted octanol–water partition coefficient (Wildman–Crippen LogP) is 2.14. The lowest BCUT2D eigenvalue weighted by molar-refractivity contribution is -0.119. The Bertz CT molecular complexity index is 438. The number of rotatable bonds is 2. The van der Waals surface area contributed by atoms with Gasteiger partial charge in [-0.2, -0.15) is 4.39 Å². The van der Waals surface area contributed by atoms with Crippen molar-refractivity contribution in [2.75, 3.05) is 25.1 Å². The molecule has 1 aliphatic rings. The van der Waals surface area contributed by atoms with E-state index in [0.717, 1.165) is 6.07 Å². The van der Waals surface area contributed by atoms with Gasteiger partial charge < -0.3 is 9.64 Å². The van der Waals surface area contributed by atoms with Gasteiger partial charge in [0.05, 0.1) is 7.11 Å². The van der Waals surface area contributed by atoms with E-state index in [9.17, 15) is 13.6 Å². The number of anilines is 1. The lowest BCUT2D eigenvalue weighted by Gasteiger charge is -2.28. The smallest absolute Gasteiger partial charge is 0.200 e. The zero-order valence-electron chi connectivity index (χ0n) is 9.50. The van der Waals surface area contributed by atoms with E-state index >= 15 is 0 Å². The van der Waals surface area contributed by atoms with Crippen LogP contribution in [-0.2, 0) is 4.79 Å². The van der Waals surface area contributed by atoms with Crippen LogP contribution in [0.5, 0.6) is 5.75 Å². The van der Waals surface area contributed by atoms with E-state index in [1.807, 2.05) is 4.90 Å². The topological polar surface area (TPSA) is 29.5 Å². The van der Waals surface area contributed by atoms with E-state index in [0.29, 0.717) is 31.6 Å². The fourth-order valence-corrected chi connectivity index (χ4v) is 1.90. The molecule has 0 radical (unpaired) electrons. The molecule has 1 aromatic rings. The fraction of sp³-hybridized carbons (Fsp3) is 0.417. The number of hydrogen-bond acceptors (Lipinski definition) is 3. The summed E-state index contributed by atoms with van der Waals surface area (Å²) in [6.45, 7) is 1.07. The molecule has 0 amide bonds. The summed E-state index contributed by atoms with van der Waals surface area (Å²) < 4.78 is 31.3. The van der Waals surface area contributed by atoms with Gasteiger partial charge in [-0.1, -0.05) is 0 Å². The van der Waals surface area contributed by atoms with Gasteiger partial charge in [-0.25, -0.2) is 4.39 Å². The Balaban J connectivity index is 2.26. The molecule has 17 heavy (non-hydrogen) atoms. The summed E-state index contributed by atoms with van der Waals surface area (Å²) in [5, 5.41) is 0. The second kappa shape index (κ2) is 4.69. The average Bonchev–Trinajstić information content (AvgIpc) is 2.33. The van der Waals surface area contributed by atoms with Crippen LogP contribution in [0.25, 0.3) is 0 Å². The highest BCUT2D eigenvalue weighted by Crippen LogP contribution is 2.28. The van der Waals surface area contributed by atoms with E-state index in [1.165, 1.54) is 13.2 Å². The number of ketones is 1. The van der Waals surface area contributed by atoms with Gasteiger partial charge in [-0.15, -0.1) is 0 Å². The molecule has 0 bridgehead atoms. The molecular formula is C12H13F2NO2. The molecule has 2 rings (SSSR count). The minimum atomic E-state index is -0.982. The maximum absolute atomic E-state index is 13.3. The Kier molecular flexibility index (Phi) is 3.26. The molecule has 0 spiro atoms. The van der Waals surface area contributed by atoms with Crippen LogP contribution in [0, 0.1) is 11.6 Å². The quantitative estimate of drug-likeness (QED) is 0.794. The van der Waals surface area contributed by atoms with E-state index in [2.05, 4.69) is 0 Å². The number of hydrogen-bond donors (Lipinski definition) is 0. The maximum atomic E-state index is 13.3. The largest absolute Gasteiger partial charge is 0.493 e. The van der Waals surface area contributed by atoms with Crippen molar-refractivity contribution in [1.82, 2.24) is 0 Å². The van der Waals surface area contributed by atoms with Crippen molar-refractivity contribution in [2.45, 2.75) is 12.8 Å². The molecule has 1 aliphatic heterocycles. The number of Topliss-reactive ketones (excluding diaryl/α,β-unsaturated/α-hetero) is 1. The molecule has 0 saturated carbocycles. The first-order chi connectivity index (χ1) is 8.11. The first-order valence-electron chi connectivity index (χ1n) is 5.41. The van der Waals surface area contributed by atoms with Gasteiger partial charge in [-0.3, -0.25) is 4.79 Å².